The summed E-state index contributed by atoms with van der Waals surface area (Å²) in [5, 5.41) is 0. The summed E-state index contributed by atoms with van der Waals surface area (Å²) < 4.78 is 4.85. The Morgan fingerprint density at radius 1 is 1.88 bits per heavy atom. The monoisotopic (exact) mass is 112 g/mol. The summed E-state index contributed by atoms with van der Waals surface area (Å²) in [5.74, 6) is 0.136. The molecule has 0 saturated heterocycles. The molecule has 0 aromatic heterocycles. The molecule has 0 aromatic carbocycles. The fraction of sp³-hybridized carbons (Fsp3) is 0.500. The number of carbonyl (C=O) groups is 1. The lowest BCUT2D eigenvalue weighted by Gasteiger charge is -2.24. The van der Waals surface area contributed by atoms with Crippen molar-refractivity contribution >= 4 is 5.78 Å². The molecule has 0 amide bonds. The lowest BCUT2D eigenvalue weighted by molar-refractivity contribution is -0.124. The molecule has 1 fully saturated rings. The Kier molecular flexibility index (Phi) is 1.18. The van der Waals surface area contributed by atoms with Crippen molar-refractivity contribution in [2.45, 2.75) is 12.5 Å². The van der Waals surface area contributed by atoms with Crippen LogP contribution in [0.4, 0.5) is 0 Å². The second-order valence-electron chi connectivity index (χ2n) is 1.88. The molecule has 1 unspecified atom stereocenters. The van der Waals surface area contributed by atoms with Gasteiger partial charge >= 0.3 is 0 Å². The van der Waals surface area contributed by atoms with Crippen LogP contribution in [-0.2, 0) is 9.53 Å². The average Bonchev–Trinajstić information content (AvgIpc) is 1.81. The molecule has 0 bridgehead atoms. The first kappa shape index (κ1) is 5.51. The van der Waals surface area contributed by atoms with Crippen LogP contribution in [0.1, 0.15) is 6.42 Å². The van der Waals surface area contributed by atoms with Crippen LogP contribution in [0.15, 0.2) is 12.2 Å². The van der Waals surface area contributed by atoms with Crippen LogP contribution >= 0.6 is 0 Å². The van der Waals surface area contributed by atoms with Gasteiger partial charge in [-0.1, -0.05) is 6.58 Å². The summed E-state index contributed by atoms with van der Waals surface area (Å²) in [7, 11) is 1.59. The van der Waals surface area contributed by atoms with Crippen LogP contribution in [0.25, 0.3) is 0 Å². The molecule has 0 aliphatic heterocycles. The van der Waals surface area contributed by atoms with Crippen molar-refractivity contribution in [3.05, 3.63) is 12.2 Å². The van der Waals surface area contributed by atoms with E-state index in [1.165, 1.54) is 0 Å². The maximum absolute atomic E-state index is 10.4. The predicted molar refractivity (Wildman–Crippen MR) is 29.6 cm³/mol. The topological polar surface area (TPSA) is 26.3 Å². The van der Waals surface area contributed by atoms with E-state index >= 15 is 0 Å². The Labute approximate surface area is 48.1 Å². The summed E-state index contributed by atoms with van der Waals surface area (Å²) in [6.45, 7) is 3.52. The third-order valence-electron chi connectivity index (χ3n) is 1.40. The Balaban J connectivity index is 2.48. The number of Topliss-reactive ketones (excluding diaryl/α,β-unsaturated/α-hetero) is 1. The fourth-order valence-electron chi connectivity index (χ4n) is 0.697. The molecule has 2 heteroatoms. The second-order valence-corrected chi connectivity index (χ2v) is 1.88. The first-order valence-corrected chi connectivity index (χ1v) is 2.50. The Hall–Kier alpha value is -0.630. The van der Waals surface area contributed by atoms with E-state index in [9.17, 15) is 4.79 Å². The molecule has 0 heterocycles. The lowest BCUT2D eigenvalue weighted by Crippen LogP contribution is -2.33. The Morgan fingerprint density at radius 2 is 2.50 bits per heavy atom. The molecule has 2 nitrogen and oxygen atoms in total. The number of methoxy groups -OCH3 is 1. The third-order valence-corrected chi connectivity index (χ3v) is 1.40. The minimum Gasteiger partial charge on any atom is -0.376 e. The molecule has 44 valence electrons. The maximum atomic E-state index is 10.4. The van der Waals surface area contributed by atoms with Gasteiger partial charge in [0.15, 0.2) is 5.78 Å². The lowest BCUT2D eigenvalue weighted by atomic mass is 9.88. The molecule has 0 aromatic rings. The fourth-order valence-corrected chi connectivity index (χ4v) is 0.697. The van der Waals surface area contributed by atoms with Gasteiger partial charge in [-0.3, -0.25) is 4.79 Å². The molecule has 8 heavy (non-hydrogen) atoms. The molecular formula is C6H8O2. The van der Waals surface area contributed by atoms with E-state index in [1.54, 1.807) is 7.11 Å². The largest absolute Gasteiger partial charge is 0.376 e. The molecule has 1 saturated carbocycles. The van der Waals surface area contributed by atoms with E-state index in [1.807, 2.05) is 0 Å². The van der Waals surface area contributed by atoms with Crippen LogP contribution < -0.4 is 0 Å². The van der Waals surface area contributed by atoms with Gasteiger partial charge in [-0.2, -0.15) is 0 Å². The predicted octanol–water partition coefficient (Wildman–Crippen LogP) is 0.530. The van der Waals surface area contributed by atoms with Gasteiger partial charge in [0.05, 0.1) is 6.10 Å². The smallest absolute Gasteiger partial charge is 0.163 e. The summed E-state index contributed by atoms with van der Waals surface area (Å²) in [4.78, 5) is 10.4. The molecule has 0 spiro atoms. The zero-order valence-corrected chi connectivity index (χ0v) is 4.81. The van der Waals surface area contributed by atoms with E-state index in [0.29, 0.717) is 12.0 Å². The van der Waals surface area contributed by atoms with E-state index in [4.69, 9.17) is 4.74 Å². The third kappa shape index (κ3) is 0.574. The Morgan fingerprint density at radius 3 is 2.62 bits per heavy atom. The minimum absolute atomic E-state index is 0.0162. The van der Waals surface area contributed by atoms with Crippen molar-refractivity contribution in [1.82, 2.24) is 0 Å². The molecule has 0 radical (unpaired) electrons. The van der Waals surface area contributed by atoms with Crippen molar-refractivity contribution in [2.75, 3.05) is 7.11 Å². The standard InChI is InChI=1S/C6H8O2/c1-4-5(7)3-6(4)8-2/h6H,1,3H2,2H3. The SMILES string of the molecule is C=C1C(=O)CC1OC. The van der Waals surface area contributed by atoms with Crippen molar-refractivity contribution in [1.29, 1.82) is 0 Å². The number of hydrogen-bond acceptors (Lipinski definition) is 2. The van der Waals surface area contributed by atoms with Crippen molar-refractivity contribution < 1.29 is 9.53 Å². The van der Waals surface area contributed by atoms with Crippen molar-refractivity contribution in [3.8, 4) is 0 Å². The van der Waals surface area contributed by atoms with E-state index < -0.39 is 0 Å². The van der Waals surface area contributed by atoms with Gasteiger partial charge in [0, 0.05) is 19.1 Å². The molecular weight excluding hydrogens is 104 g/mol. The number of ether oxygens (including phenoxy) is 1. The quantitative estimate of drug-likeness (QED) is 0.462. The van der Waals surface area contributed by atoms with Crippen molar-refractivity contribution in [3.63, 3.8) is 0 Å². The maximum Gasteiger partial charge on any atom is 0.163 e. The minimum atomic E-state index is 0.0162. The summed E-state index contributed by atoms with van der Waals surface area (Å²) in [6.07, 6.45) is 0.539. The highest BCUT2D eigenvalue weighted by Crippen LogP contribution is 2.22. The number of ketones is 1. The van der Waals surface area contributed by atoms with Crippen molar-refractivity contribution in [2.24, 2.45) is 0 Å². The summed E-state index contributed by atoms with van der Waals surface area (Å²) in [6, 6.07) is 0. The molecule has 1 aliphatic carbocycles. The second kappa shape index (κ2) is 1.71. The van der Waals surface area contributed by atoms with E-state index in [0.717, 1.165) is 0 Å². The van der Waals surface area contributed by atoms with Gasteiger partial charge < -0.3 is 4.74 Å². The first-order chi connectivity index (χ1) is 3.75. The van der Waals surface area contributed by atoms with E-state index in [2.05, 4.69) is 6.58 Å². The molecule has 1 rings (SSSR count). The van der Waals surface area contributed by atoms with Gasteiger partial charge in [-0.25, -0.2) is 0 Å². The van der Waals surface area contributed by atoms with Gasteiger partial charge in [0.2, 0.25) is 0 Å². The average molecular weight is 112 g/mol. The zero-order valence-electron chi connectivity index (χ0n) is 4.81. The highest BCUT2D eigenvalue weighted by molar-refractivity contribution is 6.03. The zero-order chi connectivity index (χ0) is 6.15. The van der Waals surface area contributed by atoms with Gasteiger partial charge in [-0.05, 0) is 0 Å². The molecule has 1 atom stereocenters. The number of carbonyl (C=O) groups excluding carboxylic acids is 1. The first-order valence-electron chi connectivity index (χ1n) is 2.50. The number of rotatable bonds is 1. The van der Waals surface area contributed by atoms with Crippen LogP contribution in [-0.4, -0.2) is 19.0 Å². The summed E-state index contributed by atoms with van der Waals surface area (Å²) >= 11 is 0. The van der Waals surface area contributed by atoms with Crippen LogP contribution in [0.2, 0.25) is 0 Å². The van der Waals surface area contributed by atoms with Gasteiger partial charge in [0.25, 0.3) is 0 Å². The van der Waals surface area contributed by atoms with Gasteiger partial charge in [0.1, 0.15) is 0 Å². The Bertz CT molecular complexity index is 137. The van der Waals surface area contributed by atoms with Gasteiger partial charge in [-0.15, -0.1) is 0 Å². The van der Waals surface area contributed by atoms with Crippen LogP contribution in [0, 0.1) is 0 Å². The highest BCUT2D eigenvalue weighted by Gasteiger charge is 2.30. The molecule has 1 aliphatic rings. The van der Waals surface area contributed by atoms with Crippen LogP contribution in [0.5, 0.6) is 0 Å². The van der Waals surface area contributed by atoms with E-state index in [-0.39, 0.29) is 11.9 Å². The summed E-state index contributed by atoms with van der Waals surface area (Å²) in [5.41, 5.74) is 0.618. The van der Waals surface area contributed by atoms with Crippen LogP contribution in [0.3, 0.4) is 0 Å². The molecule has 0 N–H and O–H groups in total. The number of hydrogen-bond donors (Lipinski definition) is 0. The highest BCUT2D eigenvalue weighted by atomic mass is 16.5. The normalized spacial score (nSPS) is 27.9.